The van der Waals surface area contributed by atoms with Gasteiger partial charge in [0.25, 0.3) is 10.0 Å². The van der Waals surface area contributed by atoms with Gasteiger partial charge in [0.05, 0.1) is 13.2 Å². The monoisotopic (exact) mass is 294 g/mol. The predicted molar refractivity (Wildman–Crippen MR) is 70.8 cm³/mol. The molecule has 2 atom stereocenters. The van der Waals surface area contributed by atoms with Gasteiger partial charge >= 0.3 is 0 Å². The number of nitrogens with two attached hydrogens (primary N) is 1. The van der Waals surface area contributed by atoms with Crippen molar-refractivity contribution in [2.24, 2.45) is 5.73 Å². The van der Waals surface area contributed by atoms with E-state index in [1.54, 1.807) is 6.92 Å². The average molecular weight is 294 g/mol. The molecular weight excluding hydrogens is 276 g/mol. The molecule has 0 aliphatic carbocycles. The minimum Gasteiger partial charge on any atom is -0.447 e. The van der Waals surface area contributed by atoms with Crippen LogP contribution in [-0.4, -0.2) is 37.7 Å². The second-order valence-electron chi connectivity index (χ2n) is 3.79. The standard InChI is InChI=1S/C10H18N2O4S2/c1-7(9(6-13)17-2)12-18(14,15)10-4-3-8(5-11)16-10/h3-4,7,9,12-13H,5-6,11H2,1-2H3. The van der Waals surface area contributed by atoms with Crippen molar-refractivity contribution in [3.8, 4) is 0 Å². The molecule has 2 unspecified atom stereocenters. The van der Waals surface area contributed by atoms with Crippen molar-refractivity contribution in [2.45, 2.75) is 29.9 Å². The maximum Gasteiger partial charge on any atom is 0.274 e. The lowest BCUT2D eigenvalue weighted by Gasteiger charge is -2.20. The molecule has 104 valence electrons. The zero-order valence-electron chi connectivity index (χ0n) is 10.3. The van der Waals surface area contributed by atoms with Gasteiger partial charge in [0.15, 0.2) is 0 Å². The SMILES string of the molecule is CSC(CO)C(C)NS(=O)(=O)c1ccc(CN)o1. The summed E-state index contributed by atoms with van der Waals surface area (Å²) < 4.78 is 31.5. The number of hydrogen-bond donors (Lipinski definition) is 3. The van der Waals surface area contributed by atoms with Gasteiger partial charge in [-0.2, -0.15) is 11.8 Å². The van der Waals surface area contributed by atoms with Gasteiger partial charge in [-0.05, 0) is 25.3 Å². The van der Waals surface area contributed by atoms with Crippen LogP contribution in [-0.2, 0) is 16.6 Å². The molecule has 0 radical (unpaired) electrons. The van der Waals surface area contributed by atoms with Gasteiger partial charge in [-0.1, -0.05) is 0 Å². The summed E-state index contributed by atoms with van der Waals surface area (Å²) in [6.07, 6.45) is 1.81. The van der Waals surface area contributed by atoms with Crippen LogP contribution in [0.2, 0.25) is 0 Å². The highest BCUT2D eigenvalue weighted by molar-refractivity contribution is 7.99. The zero-order valence-corrected chi connectivity index (χ0v) is 11.9. The molecular formula is C10H18N2O4S2. The molecule has 0 spiro atoms. The summed E-state index contributed by atoms with van der Waals surface area (Å²) in [7, 11) is -3.71. The first-order chi connectivity index (χ1) is 8.44. The topological polar surface area (TPSA) is 106 Å². The van der Waals surface area contributed by atoms with Crippen molar-refractivity contribution in [3.63, 3.8) is 0 Å². The summed E-state index contributed by atoms with van der Waals surface area (Å²) in [6.45, 7) is 1.74. The van der Waals surface area contributed by atoms with E-state index in [-0.39, 0.29) is 23.5 Å². The molecule has 1 aromatic rings. The van der Waals surface area contributed by atoms with E-state index in [1.807, 2.05) is 6.26 Å². The lowest BCUT2D eigenvalue weighted by molar-refractivity contribution is 0.282. The zero-order chi connectivity index (χ0) is 13.8. The Morgan fingerprint density at radius 2 is 2.22 bits per heavy atom. The van der Waals surface area contributed by atoms with Crippen LogP contribution in [0.3, 0.4) is 0 Å². The fourth-order valence-electron chi connectivity index (χ4n) is 1.43. The number of aliphatic hydroxyl groups excluding tert-OH is 1. The second kappa shape index (κ2) is 6.58. The van der Waals surface area contributed by atoms with Gasteiger partial charge in [-0.15, -0.1) is 0 Å². The molecule has 1 rings (SSSR count). The minimum atomic E-state index is -3.71. The van der Waals surface area contributed by atoms with Gasteiger partial charge in [0, 0.05) is 11.3 Å². The van der Waals surface area contributed by atoms with Crippen LogP contribution in [0.5, 0.6) is 0 Å². The Morgan fingerprint density at radius 3 is 2.67 bits per heavy atom. The van der Waals surface area contributed by atoms with Crippen molar-refractivity contribution in [3.05, 3.63) is 17.9 Å². The number of rotatable bonds is 7. The molecule has 0 amide bonds. The molecule has 0 saturated carbocycles. The Morgan fingerprint density at radius 1 is 1.56 bits per heavy atom. The van der Waals surface area contributed by atoms with E-state index in [9.17, 15) is 8.42 Å². The van der Waals surface area contributed by atoms with Crippen LogP contribution in [0.25, 0.3) is 0 Å². The van der Waals surface area contributed by atoms with E-state index >= 15 is 0 Å². The van der Waals surface area contributed by atoms with Gasteiger partial charge in [-0.25, -0.2) is 13.1 Å². The number of aliphatic hydroxyl groups is 1. The lowest BCUT2D eigenvalue weighted by Crippen LogP contribution is -2.41. The third-order valence-corrected chi connectivity index (χ3v) is 5.08. The first kappa shape index (κ1) is 15.5. The third-order valence-electron chi connectivity index (χ3n) is 2.48. The third kappa shape index (κ3) is 3.72. The molecule has 8 heteroatoms. The predicted octanol–water partition coefficient (Wildman–Crippen LogP) is 0.129. The maximum absolute atomic E-state index is 12.0. The van der Waals surface area contributed by atoms with Crippen LogP contribution < -0.4 is 10.5 Å². The van der Waals surface area contributed by atoms with Crippen LogP contribution in [0.15, 0.2) is 21.6 Å². The molecule has 1 aromatic heterocycles. The van der Waals surface area contributed by atoms with E-state index < -0.39 is 16.1 Å². The molecule has 6 nitrogen and oxygen atoms in total. The largest absolute Gasteiger partial charge is 0.447 e. The van der Waals surface area contributed by atoms with Gasteiger partial charge in [-0.3, -0.25) is 0 Å². The first-order valence-corrected chi connectivity index (χ1v) is 8.16. The Balaban J connectivity index is 2.81. The number of sulfonamides is 1. The molecule has 0 saturated heterocycles. The molecule has 0 bridgehead atoms. The Hall–Kier alpha value is -0.540. The molecule has 0 aliphatic rings. The molecule has 1 heterocycles. The van der Waals surface area contributed by atoms with Crippen molar-refractivity contribution < 1.29 is 17.9 Å². The summed E-state index contributed by atoms with van der Waals surface area (Å²) in [5.74, 6) is 0.409. The summed E-state index contributed by atoms with van der Waals surface area (Å²) >= 11 is 1.40. The highest BCUT2D eigenvalue weighted by Crippen LogP contribution is 2.16. The first-order valence-electron chi connectivity index (χ1n) is 5.39. The van der Waals surface area contributed by atoms with E-state index in [2.05, 4.69) is 4.72 Å². The van der Waals surface area contributed by atoms with E-state index in [4.69, 9.17) is 15.3 Å². The Bertz CT molecular complexity index is 468. The molecule has 18 heavy (non-hydrogen) atoms. The highest BCUT2D eigenvalue weighted by Gasteiger charge is 2.25. The fourth-order valence-corrected chi connectivity index (χ4v) is 3.37. The van der Waals surface area contributed by atoms with Crippen molar-refractivity contribution in [2.75, 3.05) is 12.9 Å². The number of hydrogen-bond acceptors (Lipinski definition) is 6. The smallest absolute Gasteiger partial charge is 0.274 e. The van der Waals surface area contributed by atoms with Crippen LogP contribution in [0, 0.1) is 0 Å². The van der Waals surface area contributed by atoms with Crippen molar-refractivity contribution in [1.29, 1.82) is 0 Å². The fraction of sp³-hybridized carbons (Fsp3) is 0.600. The number of furan rings is 1. The molecule has 0 aromatic carbocycles. The quantitative estimate of drug-likeness (QED) is 0.660. The van der Waals surface area contributed by atoms with Gasteiger partial charge < -0.3 is 15.3 Å². The van der Waals surface area contributed by atoms with E-state index in [0.29, 0.717) is 5.76 Å². The highest BCUT2D eigenvalue weighted by atomic mass is 32.2. The van der Waals surface area contributed by atoms with Crippen LogP contribution in [0.1, 0.15) is 12.7 Å². The molecule has 0 fully saturated rings. The normalized spacial score (nSPS) is 15.6. The van der Waals surface area contributed by atoms with Crippen LogP contribution in [0.4, 0.5) is 0 Å². The molecule has 4 N–H and O–H groups in total. The summed E-state index contributed by atoms with van der Waals surface area (Å²) in [6, 6.07) is 2.49. The summed E-state index contributed by atoms with van der Waals surface area (Å²) in [5, 5.41) is 8.75. The summed E-state index contributed by atoms with van der Waals surface area (Å²) in [4.78, 5) is 0. The van der Waals surface area contributed by atoms with Crippen LogP contribution >= 0.6 is 11.8 Å². The number of nitrogens with one attached hydrogen (secondary N) is 1. The maximum atomic E-state index is 12.0. The van der Waals surface area contributed by atoms with Crippen molar-refractivity contribution >= 4 is 21.8 Å². The lowest BCUT2D eigenvalue weighted by atomic mass is 10.3. The van der Waals surface area contributed by atoms with Gasteiger partial charge in [0.2, 0.25) is 5.09 Å². The van der Waals surface area contributed by atoms with Gasteiger partial charge in [0.1, 0.15) is 5.76 Å². The van der Waals surface area contributed by atoms with E-state index in [1.165, 1.54) is 23.9 Å². The van der Waals surface area contributed by atoms with E-state index in [0.717, 1.165) is 0 Å². The molecule has 0 aliphatic heterocycles. The second-order valence-corrected chi connectivity index (χ2v) is 6.51. The van der Waals surface area contributed by atoms with Crippen molar-refractivity contribution in [1.82, 2.24) is 4.72 Å². The Kier molecular flexibility index (Phi) is 5.67. The minimum absolute atomic E-state index is 0.100. The summed E-state index contributed by atoms with van der Waals surface area (Å²) in [5.41, 5.74) is 5.35. The number of thioether (sulfide) groups is 1. The Labute approximate surface area is 111 Å². The average Bonchev–Trinajstić information content (AvgIpc) is 2.79.